The van der Waals surface area contributed by atoms with E-state index in [1.54, 1.807) is 20.8 Å². The van der Waals surface area contributed by atoms with Crippen LogP contribution >= 0.6 is 11.8 Å². The summed E-state index contributed by atoms with van der Waals surface area (Å²) in [6, 6.07) is 1.83. The maximum absolute atomic E-state index is 12.0. The van der Waals surface area contributed by atoms with Crippen LogP contribution in [0.2, 0.25) is 0 Å². The van der Waals surface area contributed by atoms with E-state index in [9.17, 15) is 4.79 Å². The Morgan fingerprint density at radius 1 is 1.44 bits per heavy atom. The van der Waals surface area contributed by atoms with Crippen LogP contribution in [0, 0.1) is 6.92 Å². The minimum Gasteiger partial charge on any atom is -0.312 e. The number of fused-ring (bicyclic) bond motifs is 1. The number of hydrogen-bond donors (Lipinski definition) is 0. The average molecular weight is 237 g/mol. The summed E-state index contributed by atoms with van der Waals surface area (Å²) >= 11 is 1.80. The van der Waals surface area contributed by atoms with Gasteiger partial charge in [-0.1, -0.05) is 0 Å². The van der Waals surface area contributed by atoms with Crippen LogP contribution in [0.3, 0.4) is 0 Å². The van der Waals surface area contributed by atoms with Gasteiger partial charge in [0.1, 0.15) is 5.52 Å². The highest BCUT2D eigenvalue weighted by molar-refractivity contribution is 7.98. The third kappa shape index (κ3) is 2.14. The molecule has 0 saturated carbocycles. The van der Waals surface area contributed by atoms with Gasteiger partial charge in [-0.05, 0) is 31.4 Å². The number of rotatable bonds is 4. The van der Waals surface area contributed by atoms with Crippen LogP contribution in [0.1, 0.15) is 12.1 Å². The van der Waals surface area contributed by atoms with Crippen LogP contribution in [0.25, 0.3) is 5.52 Å². The van der Waals surface area contributed by atoms with Gasteiger partial charge in [0.05, 0.1) is 5.69 Å². The first-order valence-corrected chi connectivity index (χ1v) is 6.66. The van der Waals surface area contributed by atoms with Crippen molar-refractivity contribution >= 4 is 17.3 Å². The zero-order chi connectivity index (χ0) is 11.5. The maximum atomic E-state index is 12.0. The van der Waals surface area contributed by atoms with E-state index >= 15 is 0 Å². The number of aryl methyl sites for hydroxylation is 2. The van der Waals surface area contributed by atoms with Gasteiger partial charge in [-0.3, -0.25) is 4.79 Å². The molecule has 2 aromatic heterocycles. The standard InChI is InChI=1S/C11H15N3OS/c1-9-8-10-11(15)13(4-3-7-16-2)5-6-14(10)12-9/h5-6,8H,3-4,7H2,1-2H3. The lowest BCUT2D eigenvalue weighted by Gasteiger charge is -2.04. The molecule has 0 unspecified atom stereocenters. The van der Waals surface area contributed by atoms with Crippen molar-refractivity contribution in [2.24, 2.45) is 0 Å². The molecule has 0 bridgehead atoms. The van der Waals surface area contributed by atoms with E-state index < -0.39 is 0 Å². The third-order valence-corrected chi connectivity index (χ3v) is 3.17. The number of hydrogen-bond acceptors (Lipinski definition) is 3. The minimum absolute atomic E-state index is 0.0456. The summed E-state index contributed by atoms with van der Waals surface area (Å²) in [5, 5.41) is 4.21. The van der Waals surface area contributed by atoms with Gasteiger partial charge in [0.25, 0.3) is 5.56 Å². The Morgan fingerprint density at radius 2 is 2.25 bits per heavy atom. The van der Waals surface area contributed by atoms with Crippen LogP contribution < -0.4 is 5.56 Å². The molecule has 0 amide bonds. The molecule has 0 atom stereocenters. The zero-order valence-electron chi connectivity index (χ0n) is 9.51. The van der Waals surface area contributed by atoms with Crippen molar-refractivity contribution in [3.8, 4) is 0 Å². The molecular formula is C11H15N3OS. The molecule has 16 heavy (non-hydrogen) atoms. The molecule has 0 fully saturated rings. The zero-order valence-corrected chi connectivity index (χ0v) is 10.3. The van der Waals surface area contributed by atoms with Crippen molar-refractivity contribution in [1.82, 2.24) is 14.2 Å². The fraction of sp³-hybridized carbons (Fsp3) is 0.455. The summed E-state index contributed by atoms with van der Waals surface area (Å²) in [6.45, 7) is 2.67. The van der Waals surface area contributed by atoms with Gasteiger partial charge in [0, 0.05) is 18.9 Å². The lowest BCUT2D eigenvalue weighted by Crippen LogP contribution is -2.21. The average Bonchev–Trinajstić information content (AvgIpc) is 2.64. The summed E-state index contributed by atoms with van der Waals surface area (Å²) < 4.78 is 3.40. The second-order valence-electron chi connectivity index (χ2n) is 3.76. The second-order valence-corrected chi connectivity index (χ2v) is 4.74. The smallest absolute Gasteiger partial charge is 0.276 e. The van der Waals surface area contributed by atoms with Gasteiger partial charge in [-0.25, -0.2) is 4.52 Å². The molecular weight excluding hydrogens is 222 g/mol. The molecule has 0 radical (unpaired) electrons. The molecule has 0 saturated heterocycles. The third-order valence-electron chi connectivity index (χ3n) is 2.47. The lowest BCUT2D eigenvalue weighted by atomic mass is 10.4. The number of nitrogens with zero attached hydrogens (tertiary/aromatic N) is 3. The van der Waals surface area contributed by atoms with Gasteiger partial charge < -0.3 is 4.57 Å². The minimum atomic E-state index is 0.0456. The van der Waals surface area contributed by atoms with Gasteiger partial charge in [0.15, 0.2) is 0 Å². The summed E-state index contributed by atoms with van der Waals surface area (Å²) in [4.78, 5) is 12.0. The Bertz CT molecular complexity index is 544. The number of thioether (sulfide) groups is 1. The largest absolute Gasteiger partial charge is 0.312 e. The SMILES string of the molecule is CSCCCn1ccn2nc(C)cc2c1=O. The van der Waals surface area contributed by atoms with Crippen molar-refractivity contribution in [2.45, 2.75) is 19.9 Å². The molecule has 2 rings (SSSR count). The molecule has 0 aromatic carbocycles. The molecule has 0 aliphatic rings. The van der Waals surface area contributed by atoms with E-state index in [-0.39, 0.29) is 5.56 Å². The van der Waals surface area contributed by atoms with Crippen LogP contribution in [0.15, 0.2) is 23.3 Å². The summed E-state index contributed by atoms with van der Waals surface area (Å²) in [7, 11) is 0. The fourth-order valence-electron chi connectivity index (χ4n) is 1.70. The van der Waals surface area contributed by atoms with E-state index in [2.05, 4.69) is 11.4 Å². The fourth-order valence-corrected chi connectivity index (χ4v) is 2.12. The first-order chi connectivity index (χ1) is 7.72. The molecule has 4 nitrogen and oxygen atoms in total. The van der Waals surface area contributed by atoms with Crippen molar-refractivity contribution in [3.05, 3.63) is 34.5 Å². The van der Waals surface area contributed by atoms with Gasteiger partial charge in [0.2, 0.25) is 0 Å². The topological polar surface area (TPSA) is 39.3 Å². The Labute approximate surface area is 98.3 Å². The summed E-state index contributed by atoms with van der Waals surface area (Å²) in [5.74, 6) is 1.08. The monoisotopic (exact) mass is 237 g/mol. The van der Waals surface area contributed by atoms with Crippen molar-refractivity contribution in [3.63, 3.8) is 0 Å². The lowest BCUT2D eigenvalue weighted by molar-refractivity contribution is 0.652. The van der Waals surface area contributed by atoms with Gasteiger partial charge in [-0.2, -0.15) is 16.9 Å². The quantitative estimate of drug-likeness (QED) is 0.758. The molecule has 0 N–H and O–H groups in total. The Hall–Kier alpha value is -1.23. The molecule has 0 aliphatic carbocycles. The van der Waals surface area contributed by atoms with Gasteiger partial charge >= 0.3 is 0 Å². The Balaban J connectivity index is 2.33. The summed E-state index contributed by atoms with van der Waals surface area (Å²) in [6.07, 6.45) is 6.74. The molecule has 2 heterocycles. The van der Waals surface area contributed by atoms with E-state index in [0.717, 1.165) is 24.4 Å². The van der Waals surface area contributed by atoms with Crippen molar-refractivity contribution in [1.29, 1.82) is 0 Å². The van der Waals surface area contributed by atoms with E-state index in [1.807, 2.05) is 25.4 Å². The molecule has 5 heteroatoms. The molecule has 2 aromatic rings. The Kier molecular flexibility index (Phi) is 3.33. The predicted molar refractivity (Wildman–Crippen MR) is 67.2 cm³/mol. The van der Waals surface area contributed by atoms with Crippen LogP contribution in [-0.4, -0.2) is 26.2 Å². The first-order valence-electron chi connectivity index (χ1n) is 5.27. The normalized spacial score (nSPS) is 11.1. The Morgan fingerprint density at radius 3 is 3.00 bits per heavy atom. The van der Waals surface area contributed by atoms with Crippen molar-refractivity contribution in [2.75, 3.05) is 12.0 Å². The van der Waals surface area contributed by atoms with E-state index in [4.69, 9.17) is 0 Å². The van der Waals surface area contributed by atoms with Crippen molar-refractivity contribution < 1.29 is 0 Å². The van der Waals surface area contributed by atoms with Crippen LogP contribution in [0.4, 0.5) is 0 Å². The molecule has 86 valence electrons. The van der Waals surface area contributed by atoms with Crippen LogP contribution in [0.5, 0.6) is 0 Å². The highest BCUT2D eigenvalue weighted by Gasteiger charge is 2.04. The van der Waals surface area contributed by atoms with E-state index in [1.165, 1.54) is 0 Å². The molecule has 0 spiro atoms. The highest BCUT2D eigenvalue weighted by Crippen LogP contribution is 2.01. The first kappa shape index (κ1) is 11.3. The second kappa shape index (κ2) is 4.74. The number of aromatic nitrogens is 3. The van der Waals surface area contributed by atoms with E-state index in [0.29, 0.717) is 5.52 Å². The highest BCUT2D eigenvalue weighted by atomic mass is 32.2. The van der Waals surface area contributed by atoms with Gasteiger partial charge in [-0.15, -0.1) is 0 Å². The maximum Gasteiger partial charge on any atom is 0.276 e. The van der Waals surface area contributed by atoms with Crippen LogP contribution in [-0.2, 0) is 6.54 Å². The molecule has 0 aliphatic heterocycles. The summed E-state index contributed by atoms with van der Waals surface area (Å²) in [5.41, 5.74) is 1.58. The predicted octanol–water partition coefficient (Wildman–Crippen LogP) is 1.56.